The maximum atomic E-state index is 12.1. The number of hydrogen-bond donors (Lipinski definition) is 3. The largest absolute Gasteiger partial charge is 0.379 e. The van der Waals surface area contributed by atoms with Crippen LogP contribution in [0.3, 0.4) is 0 Å². The average Bonchev–Trinajstić information content (AvgIpc) is 3.04. The number of thiophene rings is 1. The molecule has 0 radical (unpaired) electrons. The van der Waals surface area contributed by atoms with Crippen molar-refractivity contribution in [3.63, 3.8) is 0 Å². The molecule has 0 aliphatic heterocycles. The van der Waals surface area contributed by atoms with Gasteiger partial charge >= 0.3 is 0 Å². The van der Waals surface area contributed by atoms with Gasteiger partial charge in [-0.3, -0.25) is 4.79 Å². The number of amides is 1. The van der Waals surface area contributed by atoms with E-state index in [1.54, 1.807) is 6.08 Å². The molecule has 26 heavy (non-hydrogen) atoms. The second-order valence-electron chi connectivity index (χ2n) is 5.51. The van der Waals surface area contributed by atoms with Crippen molar-refractivity contribution in [3.05, 3.63) is 28.5 Å². The third kappa shape index (κ3) is 10.5. The monoisotopic (exact) mass is 457 g/mol. The van der Waals surface area contributed by atoms with Crippen LogP contribution < -0.4 is 16.0 Å². The molecule has 1 unspecified atom stereocenters. The van der Waals surface area contributed by atoms with E-state index < -0.39 is 15.9 Å². The van der Waals surface area contributed by atoms with Crippen LogP contribution in [-0.4, -0.2) is 40.2 Å². The van der Waals surface area contributed by atoms with Gasteiger partial charge in [0.25, 0.3) is 0 Å². The molecule has 0 aromatic carbocycles. The molecule has 0 saturated carbocycles. The van der Waals surface area contributed by atoms with Crippen molar-refractivity contribution in [3.8, 4) is 0 Å². The van der Waals surface area contributed by atoms with Crippen molar-refractivity contribution >= 4 is 75.5 Å². The molecule has 0 aliphatic rings. The number of thiocarbonyl (C=S) groups is 1. The van der Waals surface area contributed by atoms with Gasteiger partial charge in [-0.2, -0.15) is 0 Å². The van der Waals surface area contributed by atoms with Crippen LogP contribution in [0.5, 0.6) is 0 Å². The van der Waals surface area contributed by atoms with E-state index in [1.165, 1.54) is 17.4 Å². The van der Waals surface area contributed by atoms with E-state index in [-0.39, 0.29) is 11.2 Å². The van der Waals surface area contributed by atoms with Gasteiger partial charge in [0.2, 0.25) is 9.70 Å². The van der Waals surface area contributed by atoms with Gasteiger partial charge < -0.3 is 20.7 Å². The Kier molecular flexibility index (Phi) is 10.8. The third-order valence-electron chi connectivity index (χ3n) is 2.89. The van der Waals surface area contributed by atoms with Crippen molar-refractivity contribution < 1.29 is 9.53 Å². The highest BCUT2D eigenvalue weighted by atomic mass is 35.6. The first-order chi connectivity index (χ1) is 12.2. The van der Waals surface area contributed by atoms with Gasteiger partial charge in [0.1, 0.15) is 6.17 Å². The molecule has 1 aromatic rings. The highest BCUT2D eigenvalue weighted by molar-refractivity contribution is 7.80. The molecule has 0 fully saturated rings. The van der Waals surface area contributed by atoms with E-state index in [4.69, 9.17) is 51.8 Å². The molecular weight excluding hydrogens is 437 g/mol. The Balaban J connectivity index is 2.45. The third-order valence-corrected chi connectivity index (χ3v) is 4.64. The Labute approximate surface area is 178 Å². The molecule has 10 heteroatoms. The summed E-state index contributed by atoms with van der Waals surface area (Å²) in [4.78, 5) is 13.0. The summed E-state index contributed by atoms with van der Waals surface area (Å²) in [6, 6.07) is 3.78. The standard InChI is InChI=1S/C16H22Cl3N3O2S2/c1-11(2)24-9-4-8-20-15(25)22-14(16(17,18)19)21-13(23)7-6-12-5-3-10-26-12/h3,5-7,10-11,14H,4,8-9H2,1-2H3,(H,21,23)(H2,20,22,25). The van der Waals surface area contributed by atoms with Gasteiger partial charge in [0, 0.05) is 24.1 Å². The zero-order valence-electron chi connectivity index (χ0n) is 14.4. The van der Waals surface area contributed by atoms with Gasteiger partial charge in [0.15, 0.2) is 5.11 Å². The number of carbonyl (C=O) groups is 1. The lowest BCUT2D eigenvalue weighted by atomic mass is 10.4. The van der Waals surface area contributed by atoms with Crippen molar-refractivity contribution in [2.24, 2.45) is 0 Å². The summed E-state index contributed by atoms with van der Waals surface area (Å²) < 4.78 is 3.66. The van der Waals surface area contributed by atoms with Crippen LogP contribution in [0.2, 0.25) is 0 Å². The van der Waals surface area contributed by atoms with Gasteiger partial charge in [-0.15, -0.1) is 11.3 Å². The molecule has 5 nitrogen and oxygen atoms in total. The highest BCUT2D eigenvalue weighted by Crippen LogP contribution is 2.29. The quantitative estimate of drug-likeness (QED) is 0.172. The average molecular weight is 459 g/mol. The lowest BCUT2D eigenvalue weighted by Gasteiger charge is -2.27. The van der Waals surface area contributed by atoms with E-state index in [2.05, 4.69) is 16.0 Å². The molecule has 3 N–H and O–H groups in total. The Hall–Kier alpha value is -0.570. The first-order valence-electron chi connectivity index (χ1n) is 7.93. The normalized spacial score (nSPS) is 13.0. The minimum atomic E-state index is -1.78. The van der Waals surface area contributed by atoms with E-state index >= 15 is 0 Å². The van der Waals surface area contributed by atoms with Gasteiger partial charge in [-0.25, -0.2) is 0 Å². The Morgan fingerprint density at radius 3 is 2.69 bits per heavy atom. The summed E-state index contributed by atoms with van der Waals surface area (Å²) in [7, 11) is 0. The predicted octanol–water partition coefficient (Wildman–Crippen LogP) is 3.85. The number of carbonyl (C=O) groups excluding carboxylic acids is 1. The highest BCUT2D eigenvalue weighted by Gasteiger charge is 2.34. The maximum Gasteiger partial charge on any atom is 0.245 e. The fourth-order valence-corrected chi connectivity index (χ4v) is 2.87. The summed E-state index contributed by atoms with van der Waals surface area (Å²) in [5.41, 5.74) is 0. The van der Waals surface area contributed by atoms with E-state index in [0.29, 0.717) is 13.2 Å². The van der Waals surface area contributed by atoms with Gasteiger partial charge in [-0.1, -0.05) is 40.9 Å². The van der Waals surface area contributed by atoms with Crippen molar-refractivity contribution in [1.29, 1.82) is 0 Å². The van der Waals surface area contributed by atoms with Gasteiger partial charge in [-0.05, 0) is 50.0 Å². The summed E-state index contributed by atoms with van der Waals surface area (Å²) in [6.07, 6.45) is 3.03. The van der Waals surface area contributed by atoms with Crippen LogP contribution in [-0.2, 0) is 9.53 Å². The zero-order valence-corrected chi connectivity index (χ0v) is 18.3. The number of halogens is 3. The molecule has 1 amide bonds. The summed E-state index contributed by atoms with van der Waals surface area (Å²) in [6.45, 7) is 5.16. The van der Waals surface area contributed by atoms with E-state index in [9.17, 15) is 4.79 Å². The number of ether oxygens (including phenoxy) is 1. The lowest BCUT2D eigenvalue weighted by molar-refractivity contribution is -0.117. The first-order valence-corrected chi connectivity index (χ1v) is 10.4. The Morgan fingerprint density at radius 2 is 2.12 bits per heavy atom. The predicted molar refractivity (Wildman–Crippen MR) is 115 cm³/mol. The topological polar surface area (TPSA) is 62.4 Å². The van der Waals surface area contributed by atoms with Crippen LogP contribution in [0.4, 0.5) is 0 Å². The second-order valence-corrected chi connectivity index (χ2v) is 9.26. The van der Waals surface area contributed by atoms with Crippen LogP contribution in [0, 0.1) is 0 Å². The van der Waals surface area contributed by atoms with Crippen LogP contribution in [0.1, 0.15) is 25.1 Å². The summed E-state index contributed by atoms with van der Waals surface area (Å²) in [5, 5.41) is 10.6. The lowest BCUT2D eigenvalue weighted by Crippen LogP contribution is -2.57. The van der Waals surface area contributed by atoms with Crippen LogP contribution in [0.25, 0.3) is 6.08 Å². The molecule has 0 aliphatic carbocycles. The molecule has 146 valence electrons. The maximum absolute atomic E-state index is 12.1. The van der Waals surface area contributed by atoms with Crippen LogP contribution >= 0.6 is 58.4 Å². The molecule has 1 atom stereocenters. The Morgan fingerprint density at radius 1 is 1.38 bits per heavy atom. The smallest absolute Gasteiger partial charge is 0.245 e. The van der Waals surface area contributed by atoms with Crippen molar-refractivity contribution in [1.82, 2.24) is 16.0 Å². The molecular formula is C16H22Cl3N3O2S2. The summed E-state index contributed by atoms with van der Waals surface area (Å²) >= 11 is 24.5. The van der Waals surface area contributed by atoms with Crippen molar-refractivity contribution in [2.75, 3.05) is 13.2 Å². The number of hydrogen-bond acceptors (Lipinski definition) is 4. The number of alkyl halides is 3. The first kappa shape index (κ1) is 23.5. The van der Waals surface area contributed by atoms with Gasteiger partial charge in [0.05, 0.1) is 6.10 Å². The number of rotatable bonds is 9. The molecule has 1 rings (SSSR count). The molecule has 0 spiro atoms. The van der Waals surface area contributed by atoms with Crippen LogP contribution in [0.15, 0.2) is 23.6 Å². The second kappa shape index (κ2) is 12.0. The molecule has 0 bridgehead atoms. The van der Waals surface area contributed by atoms with E-state index in [1.807, 2.05) is 31.4 Å². The minimum absolute atomic E-state index is 0.186. The number of nitrogens with one attached hydrogen (secondary N) is 3. The zero-order chi connectivity index (χ0) is 19.6. The fraction of sp³-hybridized carbons (Fsp3) is 0.500. The fourth-order valence-electron chi connectivity index (χ4n) is 1.71. The SMILES string of the molecule is CC(C)OCCCNC(=S)NC(NC(=O)C=Cc1cccs1)C(Cl)(Cl)Cl. The summed E-state index contributed by atoms with van der Waals surface area (Å²) in [5.74, 6) is -0.407. The molecule has 1 aromatic heterocycles. The Bertz CT molecular complexity index is 590. The minimum Gasteiger partial charge on any atom is -0.379 e. The van der Waals surface area contributed by atoms with E-state index in [0.717, 1.165) is 11.3 Å². The molecule has 0 saturated heterocycles. The molecule has 1 heterocycles. The van der Waals surface area contributed by atoms with Crippen molar-refractivity contribution in [2.45, 2.75) is 36.3 Å².